The van der Waals surface area contributed by atoms with Crippen LogP contribution >= 0.6 is 65.9 Å². The van der Waals surface area contributed by atoms with Crippen LogP contribution in [0.25, 0.3) is 0 Å². The zero-order valence-corrected chi connectivity index (χ0v) is 32.8. The fraction of sp³-hybridized carbons (Fsp3) is 0.0976. The Morgan fingerprint density at radius 3 is 1.00 bits per heavy atom. The topological polar surface area (TPSA) is 42.5 Å². The minimum absolute atomic E-state index is 0.535. The molecule has 0 aromatic heterocycles. The van der Waals surface area contributed by atoms with Crippen LogP contribution in [0.4, 0.5) is 11.4 Å². The Morgan fingerprint density at radius 2 is 0.745 bits per heavy atom. The molecule has 0 spiro atoms. The maximum absolute atomic E-state index is 6.82. The molecular formula is C41H37Cl4N2O2PS. The number of thiocarbonyl (C=S) groups is 1. The summed E-state index contributed by atoms with van der Waals surface area (Å²) in [5.74, 6) is 1.69. The molecule has 6 rings (SSSR count). The second-order valence-electron chi connectivity index (χ2n) is 11.2. The standard InChI is InChI=1S/C24H17Cl4P.C17H20N2O2S/c25-17-9-1-5-13-21(17)29(22-14-6-2-10-18(22)26,23-15-7-3-11-19(23)27)24-16-8-4-12-20(24)28;1-3-20-15-9-5-13(6-10-15)18-17(22)19-14-7-11-16(12-8-14)21-4-2/h1-16,29H;5-12H,3-4H2,1-2H3,(H2,18,19,22). The summed E-state index contributed by atoms with van der Waals surface area (Å²) < 4.78 is 10.8. The normalized spacial score (nSPS) is 11.1. The zero-order valence-electron chi connectivity index (χ0n) is 28.0. The third-order valence-corrected chi connectivity index (χ3v) is 15.1. The van der Waals surface area contributed by atoms with E-state index >= 15 is 0 Å². The monoisotopic (exact) mass is 792 g/mol. The van der Waals surface area contributed by atoms with Crippen molar-refractivity contribution >= 4 is 104 Å². The molecule has 0 radical (unpaired) electrons. The SMILES string of the molecule is CCOc1ccc(NC(=S)Nc2ccc(OCC)cc2)cc1.Clc1ccccc1[PH](c1ccccc1Cl)(c1ccccc1Cl)c1ccccc1Cl. The molecule has 262 valence electrons. The van der Waals surface area contributed by atoms with E-state index in [1.807, 2.05) is 135 Å². The van der Waals surface area contributed by atoms with Crippen LogP contribution in [-0.4, -0.2) is 18.3 Å². The molecule has 6 aromatic carbocycles. The average molecular weight is 795 g/mol. The molecule has 0 fully saturated rings. The van der Waals surface area contributed by atoms with Crippen molar-refractivity contribution in [1.82, 2.24) is 0 Å². The van der Waals surface area contributed by atoms with Crippen LogP contribution in [0.2, 0.25) is 20.1 Å². The van der Waals surface area contributed by atoms with E-state index in [9.17, 15) is 0 Å². The summed E-state index contributed by atoms with van der Waals surface area (Å²) >= 11 is 32.6. The zero-order chi connectivity index (χ0) is 36.2. The summed E-state index contributed by atoms with van der Waals surface area (Å²) in [7, 11) is -3.01. The first-order valence-corrected chi connectivity index (χ1v) is 20.2. The van der Waals surface area contributed by atoms with Crippen LogP contribution in [0.5, 0.6) is 11.5 Å². The molecule has 0 aliphatic rings. The van der Waals surface area contributed by atoms with Crippen molar-refractivity contribution in [3.63, 3.8) is 0 Å². The first-order chi connectivity index (χ1) is 24.8. The van der Waals surface area contributed by atoms with Crippen molar-refractivity contribution in [3.8, 4) is 11.5 Å². The van der Waals surface area contributed by atoms with Crippen LogP contribution in [0, 0.1) is 0 Å². The van der Waals surface area contributed by atoms with Crippen molar-refractivity contribution < 1.29 is 9.47 Å². The molecule has 0 saturated carbocycles. The summed E-state index contributed by atoms with van der Waals surface area (Å²) in [5, 5.41) is 13.4. The first-order valence-electron chi connectivity index (χ1n) is 16.3. The van der Waals surface area contributed by atoms with Crippen LogP contribution in [-0.2, 0) is 0 Å². The van der Waals surface area contributed by atoms with Gasteiger partial charge in [0.05, 0.1) is 13.2 Å². The van der Waals surface area contributed by atoms with Gasteiger partial charge in [-0.05, 0) is 74.6 Å². The van der Waals surface area contributed by atoms with E-state index in [2.05, 4.69) is 34.9 Å². The summed E-state index contributed by atoms with van der Waals surface area (Å²) in [6.07, 6.45) is 0. The van der Waals surface area contributed by atoms with Gasteiger partial charge in [0.15, 0.2) is 5.11 Å². The predicted octanol–water partition coefficient (Wildman–Crippen LogP) is 10.9. The molecule has 2 N–H and O–H groups in total. The van der Waals surface area contributed by atoms with Gasteiger partial charge in [0, 0.05) is 11.4 Å². The van der Waals surface area contributed by atoms with Crippen LogP contribution in [0.1, 0.15) is 13.8 Å². The number of nitrogens with one attached hydrogen (secondary N) is 2. The van der Waals surface area contributed by atoms with Gasteiger partial charge >= 0.3 is 192 Å². The second-order valence-corrected chi connectivity index (χ2v) is 16.9. The van der Waals surface area contributed by atoms with E-state index in [0.29, 0.717) is 38.4 Å². The fourth-order valence-corrected chi connectivity index (χ4v) is 13.2. The molecule has 0 heterocycles. The van der Waals surface area contributed by atoms with Crippen LogP contribution < -0.4 is 41.3 Å². The van der Waals surface area contributed by atoms with Crippen molar-refractivity contribution in [2.75, 3.05) is 23.8 Å². The molecular weight excluding hydrogens is 757 g/mol. The number of hydrogen-bond donors (Lipinski definition) is 2. The van der Waals surface area contributed by atoms with Crippen LogP contribution in [0.3, 0.4) is 0 Å². The van der Waals surface area contributed by atoms with E-state index in [1.54, 1.807) is 0 Å². The van der Waals surface area contributed by atoms with E-state index < -0.39 is 7.26 Å². The Hall–Kier alpha value is -3.80. The number of ether oxygens (including phenoxy) is 2. The maximum atomic E-state index is 6.82. The van der Waals surface area contributed by atoms with E-state index in [1.165, 1.54) is 0 Å². The number of halogens is 4. The number of rotatable bonds is 10. The van der Waals surface area contributed by atoms with Gasteiger partial charge in [-0.25, -0.2) is 0 Å². The van der Waals surface area contributed by atoms with Gasteiger partial charge in [0.2, 0.25) is 0 Å². The van der Waals surface area contributed by atoms with Crippen molar-refractivity contribution in [2.24, 2.45) is 0 Å². The number of hydrogen-bond acceptors (Lipinski definition) is 3. The van der Waals surface area contributed by atoms with Crippen LogP contribution in [0.15, 0.2) is 146 Å². The second kappa shape index (κ2) is 18.6. The molecule has 0 aliphatic heterocycles. The number of benzene rings is 6. The molecule has 0 bridgehead atoms. The summed E-state index contributed by atoms with van der Waals surface area (Å²) in [4.78, 5) is 0. The Morgan fingerprint density at radius 1 is 0.471 bits per heavy atom. The molecule has 6 aromatic rings. The van der Waals surface area contributed by atoms with E-state index in [0.717, 1.165) is 44.1 Å². The van der Waals surface area contributed by atoms with Gasteiger partial charge in [0.25, 0.3) is 0 Å². The van der Waals surface area contributed by atoms with Crippen molar-refractivity contribution in [3.05, 3.63) is 166 Å². The Balaban J connectivity index is 0.000000206. The van der Waals surface area contributed by atoms with Gasteiger partial charge in [-0.15, -0.1) is 0 Å². The molecule has 51 heavy (non-hydrogen) atoms. The summed E-state index contributed by atoms with van der Waals surface area (Å²) in [6.45, 7) is 5.24. The molecule has 0 aliphatic carbocycles. The third kappa shape index (κ3) is 9.36. The summed E-state index contributed by atoms with van der Waals surface area (Å²) in [6, 6.07) is 46.9. The van der Waals surface area contributed by atoms with E-state index in [4.69, 9.17) is 68.1 Å². The van der Waals surface area contributed by atoms with Gasteiger partial charge < -0.3 is 20.1 Å². The Bertz CT molecular complexity index is 1820. The van der Waals surface area contributed by atoms with E-state index in [-0.39, 0.29) is 0 Å². The van der Waals surface area contributed by atoms with Crippen molar-refractivity contribution in [2.45, 2.75) is 13.8 Å². The molecule has 0 saturated heterocycles. The van der Waals surface area contributed by atoms with Gasteiger partial charge in [-0.3, -0.25) is 0 Å². The van der Waals surface area contributed by atoms with Gasteiger partial charge in [-0.1, -0.05) is 0 Å². The van der Waals surface area contributed by atoms with Crippen molar-refractivity contribution in [1.29, 1.82) is 0 Å². The molecule has 4 nitrogen and oxygen atoms in total. The van der Waals surface area contributed by atoms with Gasteiger partial charge in [0.1, 0.15) is 11.5 Å². The summed E-state index contributed by atoms with van der Waals surface area (Å²) in [5.41, 5.74) is 1.82. The molecule has 0 unspecified atom stereocenters. The first kappa shape index (κ1) is 38.4. The molecule has 10 heteroatoms. The van der Waals surface area contributed by atoms with Gasteiger partial charge in [-0.2, -0.15) is 0 Å². The predicted molar refractivity (Wildman–Crippen MR) is 228 cm³/mol. The fourth-order valence-electron chi connectivity index (χ4n) is 5.83. The Kier molecular flexibility index (Phi) is 14.0. The third-order valence-electron chi connectivity index (χ3n) is 7.96. The Labute approximate surface area is 326 Å². The average Bonchev–Trinajstić information content (AvgIpc) is 3.13. The number of anilines is 2. The molecule has 0 atom stereocenters. The minimum atomic E-state index is -3.01. The quantitative estimate of drug-likeness (QED) is 0.107. The molecule has 0 amide bonds.